The van der Waals surface area contributed by atoms with Gasteiger partial charge in [-0.15, -0.1) is 0 Å². The first-order chi connectivity index (χ1) is 9.88. The first-order valence-corrected chi connectivity index (χ1v) is 7.71. The molecule has 1 aromatic heterocycles. The van der Waals surface area contributed by atoms with Crippen LogP contribution < -0.4 is 5.32 Å². The summed E-state index contributed by atoms with van der Waals surface area (Å²) in [6.07, 6.45) is 0. The van der Waals surface area contributed by atoms with Gasteiger partial charge in [0.15, 0.2) is 0 Å². The van der Waals surface area contributed by atoms with Crippen molar-refractivity contribution in [2.45, 2.75) is 0 Å². The number of nitrogens with one attached hydrogen (secondary N) is 1. The quantitative estimate of drug-likeness (QED) is 0.307. The highest BCUT2D eigenvalue weighted by atomic mass is 127. The number of nitro groups is 1. The summed E-state index contributed by atoms with van der Waals surface area (Å²) in [5, 5.41) is 13.4. The molecule has 0 saturated heterocycles. The van der Waals surface area contributed by atoms with Crippen LogP contribution in [0.5, 0.6) is 0 Å². The number of nitrogens with zero attached hydrogens (tertiary/aromatic N) is 2. The zero-order chi connectivity index (χ0) is 15.6. The SMILES string of the molecule is O=C(Nc1nc(Cl)ccc1[N+](=O)[O-])c1cc(I)ccc1Br. The summed E-state index contributed by atoms with van der Waals surface area (Å²) in [5.41, 5.74) is 0.0208. The molecule has 0 atom stereocenters. The van der Waals surface area contributed by atoms with E-state index in [2.05, 4.69) is 48.8 Å². The van der Waals surface area contributed by atoms with Gasteiger partial charge in [0.25, 0.3) is 5.91 Å². The van der Waals surface area contributed by atoms with Gasteiger partial charge in [0.05, 0.1) is 10.5 Å². The Bertz CT molecular complexity index is 742. The highest BCUT2D eigenvalue weighted by molar-refractivity contribution is 14.1. The number of amides is 1. The highest BCUT2D eigenvalue weighted by Gasteiger charge is 2.20. The zero-order valence-corrected chi connectivity index (χ0v) is 14.6. The number of benzene rings is 1. The van der Waals surface area contributed by atoms with Gasteiger partial charge in [-0.1, -0.05) is 11.6 Å². The molecular weight excluding hydrogens is 476 g/mol. The lowest BCUT2D eigenvalue weighted by Gasteiger charge is -2.07. The molecule has 0 aliphatic heterocycles. The number of pyridine rings is 1. The lowest BCUT2D eigenvalue weighted by Crippen LogP contribution is -2.15. The smallest absolute Gasteiger partial charge is 0.301 e. The summed E-state index contributed by atoms with van der Waals surface area (Å²) in [5.74, 6) is -0.707. The average Bonchev–Trinajstić information content (AvgIpc) is 2.41. The summed E-state index contributed by atoms with van der Waals surface area (Å²) >= 11 is 11.0. The lowest BCUT2D eigenvalue weighted by atomic mass is 10.2. The van der Waals surface area contributed by atoms with Crippen LogP contribution in [0.2, 0.25) is 5.15 Å². The maximum atomic E-state index is 12.2. The Hall–Kier alpha value is -1.26. The van der Waals surface area contributed by atoms with E-state index in [1.165, 1.54) is 12.1 Å². The summed E-state index contributed by atoms with van der Waals surface area (Å²) in [7, 11) is 0. The minimum absolute atomic E-state index is 0.0533. The van der Waals surface area contributed by atoms with Crippen molar-refractivity contribution in [1.82, 2.24) is 4.98 Å². The van der Waals surface area contributed by atoms with Crippen LogP contribution in [0.25, 0.3) is 0 Å². The lowest BCUT2D eigenvalue weighted by molar-refractivity contribution is -0.384. The molecule has 0 spiro atoms. The summed E-state index contributed by atoms with van der Waals surface area (Å²) in [4.78, 5) is 26.3. The van der Waals surface area contributed by atoms with E-state index in [0.717, 1.165) is 3.57 Å². The maximum absolute atomic E-state index is 12.2. The van der Waals surface area contributed by atoms with Crippen molar-refractivity contribution in [2.75, 3.05) is 5.32 Å². The Morgan fingerprint density at radius 1 is 1.38 bits per heavy atom. The van der Waals surface area contributed by atoms with Gasteiger partial charge in [-0.25, -0.2) is 4.98 Å². The van der Waals surface area contributed by atoms with Crippen LogP contribution in [0.3, 0.4) is 0 Å². The third-order valence-corrected chi connectivity index (χ3v) is 4.01. The first-order valence-electron chi connectivity index (χ1n) is 5.46. The summed E-state index contributed by atoms with van der Waals surface area (Å²) in [6.45, 7) is 0. The van der Waals surface area contributed by atoms with E-state index >= 15 is 0 Å². The predicted molar refractivity (Wildman–Crippen MR) is 90.7 cm³/mol. The monoisotopic (exact) mass is 481 g/mol. The molecule has 0 aliphatic carbocycles. The van der Waals surface area contributed by atoms with E-state index in [1.54, 1.807) is 12.1 Å². The molecule has 1 N–H and O–H groups in total. The molecule has 0 aliphatic rings. The van der Waals surface area contributed by atoms with Crippen molar-refractivity contribution in [3.63, 3.8) is 0 Å². The molecule has 0 radical (unpaired) electrons. The Labute approximate surface area is 146 Å². The predicted octanol–water partition coefficient (Wildman–Crippen LogP) is 4.26. The molecule has 1 amide bonds. The van der Waals surface area contributed by atoms with Gasteiger partial charge in [-0.05, 0) is 62.8 Å². The molecule has 9 heteroatoms. The second-order valence-corrected chi connectivity index (χ2v) is 6.32. The molecule has 2 rings (SSSR count). The fourth-order valence-electron chi connectivity index (χ4n) is 1.51. The van der Waals surface area contributed by atoms with Gasteiger partial charge in [0.1, 0.15) is 5.15 Å². The van der Waals surface area contributed by atoms with Gasteiger partial charge >= 0.3 is 5.69 Å². The molecule has 0 fully saturated rings. The second kappa shape index (κ2) is 6.67. The standard InChI is InChI=1S/C12H6BrClIN3O3/c13-8-2-1-6(15)5-7(8)12(19)17-11-9(18(20)21)3-4-10(14)16-11/h1-5H,(H,16,17,19). The molecule has 1 aromatic carbocycles. The molecule has 6 nitrogen and oxygen atoms in total. The van der Waals surface area contributed by atoms with Gasteiger partial charge in [0, 0.05) is 14.1 Å². The molecular formula is C12H6BrClIN3O3. The number of carbonyl (C=O) groups excluding carboxylic acids is 1. The summed E-state index contributed by atoms with van der Waals surface area (Å²) < 4.78 is 1.43. The van der Waals surface area contributed by atoms with Crippen molar-refractivity contribution < 1.29 is 9.72 Å². The Balaban J connectivity index is 2.38. The maximum Gasteiger partial charge on any atom is 0.311 e. The van der Waals surface area contributed by atoms with E-state index in [4.69, 9.17) is 11.6 Å². The van der Waals surface area contributed by atoms with Gasteiger partial charge in [-0.2, -0.15) is 0 Å². The van der Waals surface area contributed by atoms with Gasteiger partial charge < -0.3 is 5.32 Å². The van der Waals surface area contributed by atoms with E-state index in [0.29, 0.717) is 10.0 Å². The minimum atomic E-state index is -0.636. The topological polar surface area (TPSA) is 85.1 Å². The van der Waals surface area contributed by atoms with Crippen molar-refractivity contribution in [2.24, 2.45) is 0 Å². The summed E-state index contributed by atoms with van der Waals surface area (Å²) in [6, 6.07) is 7.67. The zero-order valence-electron chi connectivity index (χ0n) is 10.1. The number of hydrogen-bond acceptors (Lipinski definition) is 4. The van der Waals surface area contributed by atoms with E-state index in [1.807, 2.05) is 6.07 Å². The molecule has 108 valence electrons. The minimum Gasteiger partial charge on any atom is -0.301 e. The van der Waals surface area contributed by atoms with Crippen LogP contribution in [0.4, 0.5) is 11.5 Å². The van der Waals surface area contributed by atoms with Crippen LogP contribution in [0, 0.1) is 13.7 Å². The number of halogens is 3. The second-order valence-electron chi connectivity index (χ2n) is 3.84. The molecule has 0 saturated carbocycles. The molecule has 0 unspecified atom stereocenters. The van der Waals surface area contributed by atoms with Gasteiger partial charge in [-0.3, -0.25) is 14.9 Å². The molecule has 21 heavy (non-hydrogen) atoms. The number of hydrogen-bond donors (Lipinski definition) is 1. The highest BCUT2D eigenvalue weighted by Crippen LogP contribution is 2.26. The number of aromatic nitrogens is 1. The van der Waals surface area contributed by atoms with Gasteiger partial charge in [0.2, 0.25) is 5.82 Å². The number of carbonyl (C=O) groups is 1. The van der Waals surface area contributed by atoms with Crippen LogP contribution in [0.1, 0.15) is 10.4 Å². The van der Waals surface area contributed by atoms with E-state index < -0.39 is 10.8 Å². The molecule has 0 bridgehead atoms. The first kappa shape index (κ1) is 16.1. The largest absolute Gasteiger partial charge is 0.311 e. The fraction of sp³-hybridized carbons (Fsp3) is 0. The average molecular weight is 482 g/mol. The van der Waals surface area contributed by atoms with E-state index in [9.17, 15) is 14.9 Å². The Morgan fingerprint density at radius 3 is 2.76 bits per heavy atom. The third-order valence-electron chi connectivity index (χ3n) is 2.44. The number of anilines is 1. The van der Waals surface area contributed by atoms with Crippen molar-refractivity contribution in [3.05, 3.63) is 59.2 Å². The van der Waals surface area contributed by atoms with E-state index in [-0.39, 0.29) is 16.7 Å². The van der Waals surface area contributed by atoms with Crippen molar-refractivity contribution in [3.8, 4) is 0 Å². The van der Waals surface area contributed by atoms with Crippen LogP contribution in [-0.4, -0.2) is 15.8 Å². The van der Waals surface area contributed by atoms with Crippen LogP contribution in [0.15, 0.2) is 34.8 Å². The number of rotatable bonds is 3. The normalized spacial score (nSPS) is 10.2. The van der Waals surface area contributed by atoms with Crippen molar-refractivity contribution in [1.29, 1.82) is 0 Å². The Kier molecular flexibility index (Phi) is 5.12. The third kappa shape index (κ3) is 3.89. The van der Waals surface area contributed by atoms with Crippen LogP contribution in [-0.2, 0) is 0 Å². The fourth-order valence-corrected chi connectivity index (χ4v) is 2.58. The van der Waals surface area contributed by atoms with Crippen molar-refractivity contribution >= 4 is 67.5 Å². The Morgan fingerprint density at radius 2 is 2.10 bits per heavy atom. The van der Waals surface area contributed by atoms with Crippen LogP contribution >= 0.6 is 50.1 Å². The molecule has 2 aromatic rings. The molecule has 1 heterocycles.